The van der Waals surface area contributed by atoms with Crippen LogP contribution in [0, 0.1) is 0 Å². The summed E-state index contributed by atoms with van der Waals surface area (Å²) in [6.45, 7) is 2.16. The first-order chi connectivity index (χ1) is 9.20. The zero-order valence-corrected chi connectivity index (χ0v) is 13.8. The zero-order valence-electron chi connectivity index (χ0n) is 11.4. The Labute approximate surface area is 136 Å². The van der Waals surface area contributed by atoms with Gasteiger partial charge >= 0.3 is 0 Å². The van der Waals surface area contributed by atoms with Crippen LogP contribution in [0.1, 0.15) is 31.4 Å². The molecular weight excluding hydrogens is 309 g/mol. The second-order valence-electron chi connectivity index (χ2n) is 4.49. The van der Waals surface area contributed by atoms with E-state index >= 15 is 0 Å². The normalized spacial score (nSPS) is 11.8. The predicted octanol–water partition coefficient (Wildman–Crippen LogP) is 5.71. The number of rotatable bonds is 5. The minimum atomic E-state index is 0. The second-order valence-corrected chi connectivity index (χ2v) is 6.04. The van der Waals surface area contributed by atoms with Crippen molar-refractivity contribution in [3.63, 3.8) is 0 Å². The molecule has 2 aromatic rings. The average Bonchev–Trinajstić information content (AvgIpc) is 2.42. The van der Waals surface area contributed by atoms with Crippen molar-refractivity contribution in [2.75, 3.05) is 0 Å². The lowest BCUT2D eigenvalue weighted by Crippen LogP contribution is -2.10. The van der Waals surface area contributed by atoms with Crippen molar-refractivity contribution >= 4 is 35.8 Å². The van der Waals surface area contributed by atoms with E-state index in [4.69, 9.17) is 17.3 Å². The third-order valence-corrected chi connectivity index (χ3v) is 4.31. The third-order valence-electron chi connectivity index (χ3n) is 2.96. The Bertz CT molecular complexity index is 528. The van der Waals surface area contributed by atoms with Crippen molar-refractivity contribution in [3.8, 4) is 0 Å². The van der Waals surface area contributed by atoms with Gasteiger partial charge < -0.3 is 5.73 Å². The molecule has 0 heterocycles. The van der Waals surface area contributed by atoms with Gasteiger partial charge in [-0.1, -0.05) is 54.9 Å². The van der Waals surface area contributed by atoms with Crippen LogP contribution >= 0.6 is 35.8 Å². The minimum Gasteiger partial charge on any atom is -0.324 e. The Morgan fingerprint density at radius 1 is 1.10 bits per heavy atom. The number of hydrogen-bond acceptors (Lipinski definition) is 2. The zero-order chi connectivity index (χ0) is 13.7. The Kier molecular flexibility index (Phi) is 7.46. The van der Waals surface area contributed by atoms with E-state index < -0.39 is 0 Å². The van der Waals surface area contributed by atoms with E-state index in [-0.39, 0.29) is 18.4 Å². The van der Waals surface area contributed by atoms with Gasteiger partial charge in [0, 0.05) is 20.9 Å². The lowest BCUT2D eigenvalue weighted by Gasteiger charge is -2.15. The molecule has 0 aromatic heterocycles. The highest BCUT2D eigenvalue weighted by Crippen LogP contribution is 2.34. The number of halogens is 2. The molecule has 0 aliphatic carbocycles. The summed E-state index contributed by atoms with van der Waals surface area (Å²) >= 11 is 7.65. The molecule has 0 fully saturated rings. The summed E-state index contributed by atoms with van der Waals surface area (Å²) in [5.41, 5.74) is 7.48. The van der Waals surface area contributed by atoms with Gasteiger partial charge in [-0.25, -0.2) is 0 Å². The van der Waals surface area contributed by atoms with E-state index in [1.54, 1.807) is 11.8 Å². The molecule has 1 atom stereocenters. The summed E-state index contributed by atoms with van der Waals surface area (Å²) in [5.74, 6) is 0. The van der Waals surface area contributed by atoms with E-state index in [0.717, 1.165) is 17.9 Å². The molecule has 2 rings (SSSR count). The first kappa shape index (κ1) is 17.4. The summed E-state index contributed by atoms with van der Waals surface area (Å²) in [6.07, 6.45) is 2.11. The second kappa shape index (κ2) is 8.58. The summed E-state index contributed by atoms with van der Waals surface area (Å²) in [7, 11) is 0. The largest absolute Gasteiger partial charge is 0.324 e. The van der Waals surface area contributed by atoms with E-state index in [0.29, 0.717) is 0 Å². The van der Waals surface area contributed by atoms with Gasteiger partial charge in [0.25, 0.3) is 0 Å². The molecule has 0 spiro atoms. The van der Waals surface area contributed by atoms with E-state index in [9.17, 15) is 0 Å². The molecule has 2 N–H and O–H groups in total. The van der Waals surface area contributed by atoms with E-state index in [1.807, 2.05) is 24.3 Å². The van der Waals surface area contributed by atoms with Crippen molar-refractivity contribution in [3.05, 3.63) is 59.1 Å². The molecule has 0 saturated carbocycles. The van der Waals surface area contributed by atoms with Crippen molar-refractivity contribution in [1.29, 1.82) is 0 Å². The topological polar surface area (TPSA) is 26.0 Å². The predicted molar refractivity (Wildman–Crippen MR) is 91.1 cm³/mol. The summed E-state index contributed by atoms with van der Waals surface area (Å²) in [6, 6.07) is 16.4. The van der Waals surface area contributed by atoms with Crippen LogP contribution in [0.3, 0.4) is 0 Å². The summed E-state index contributed by atoms with van der Waals surface area (Å²) in [4.78, 5) is 2.41. The Hall–Kier alpha value is -0.670. The fourth-order valence-corrected chi connectivity index (χ4v) is 3.11. The Morgan fingerprint density at radius 2 is 1.75 bits per heavy atom. The highest BCUT2D eigenvalue weighted by molar-refractivity contribution is 7.99. The molecule has 0 aliphatic rings. The Balaban J connectivity index is 0.00000200. The highest BCUT2D eigenvalue weighted by atomic mass is 35.5. The smallest absolute Gasteiger partial charge is 0.0406 e. The van der Waals surface area contributed by atoms with Crippen LogP contribution in [0.5, 0.6) is 0 Å². The molecule has 0 radical (unpaired) electrons. The molecule has 0 saturated heterocycles. The lowest BCUT2D eigenvalue weighted by molar-refractivity contribution is 0.629. The number of nitrogens with two attached hydrogens (primary N) is 1. The van der Waals surface area contributed by atoms with Gasteiger partial charge in [-0.15, -0.1) is 12.4 Å². The van der Waals surface area contributed by atoms with E-state index in [2.05, 4.69) is 31.2 Å². The van der Waals surface area contributed by atoms with Gasteiger partial charge in [-0.2, -0.15) is 0 Å². The van der Waals surface area contributed by atoms with Gasteiger partial charge in [-0.3, -0.25) is 0 Å². The highest BCUT2D eigenvalue weighted by Gasteiger charge is 2.10. The molecule has 20 heavy (non-hydrogen) atoms. The van der Waals surface area contributed by atoms with E-state index in [1.165, 1.54) is 15.4 Å². The fraction of sp³-hybridized carbons (Fsp3) is 0.250. The first-order valence-electron chi connectivity index (χ1n) is 6.48. The SMILES string of the molecule is CCC[C@@H](N)c1ccccc1Sc1ccc(Cl)cc1.Cl. The van der Waals surface area contributed by atoms with Crippen LogP contribution < -0.4 is 5.73 Å². The molecule has 1 nitrogen and oxygen atoms in total. The fourth-order valence-electron chi connectivity index (χ4n) is 1.98. The van der Waals surface area contributed by atoms with Gasteiger partial charge in [0.15, 0.2) is 0 Å². The third kappa shape index (κ3) is 4.71. The van der Waals surface area contributed by atoms with Crippen LogP contribution in [0.4, 0.5) is 0 Å². The lowest BCUT2D eigenvalue weighted by atomic mass is 10.0. The average molecular weight is 328 g/mol. The molecule has 0 amide bonds. The van der Waals surface area contributed by atoms with Gasteiger partial charge in [0.2, 0.25) is 0 Å². The van der Waals surface area contributed by atoms with Crippen molar-refractivity contribution in [2.45, 2.75) is 35.6 Å². The van der Waals surface area contributed by atoms with Crippen LogP contribution in [0.15, 0.2) is 58.3 Å². The Morgan fingerprint density at radius 3 is 2.40 bits per heavy atom. The quantitative estimate of drug-likeness (QED) is 0.760. The van der Waals surface area contributed by atoms with Crippen LogP contribution in [-0.2, 0) is 0 Å². The molecule has 4 heteroatoms. The molecule has 2 aromatic carbocycles. The van der Waals surface area contributed by atoms with Crippen LogP contribution in [-0.4, -0.2) is 0 Å². The minimum absolute atomic E-state index is 0. The maximum atomic E-state index is 6.25. The molecule has 0 bridgehead atoms. The van der Waals surface area contributed by atoms with Crippen molar-refractivity contribution in [1.82, 2.24) is 0 Å². The van der Waals surface area contributed by atoms with Gasteiger partial charge in [0.05, 0.1) is 0 Å². The summed E-state index contributed by atoms with van der Waals surface area (Å²) < 4.78 is 0. The molecule has 108 valence electrons. The molecule has 0 unspecified atom stereocenters. The van der Waals surface area contributed by atoms with Crippen LogP contribution in [0.2, 0.25) is 5.02 Å². The maximum Gasteiger partial charge on any atom is 0.0406 e. The number of hydrogen-bond donors (Lipinski definition) is 1. The standard InChI is InChI=1S/C16H18ClNS.ClH/c1-2-5-15(18)14-6-3-4-7-16(14)19-13-10-8-12(17)9-11-13;/h3-4,6-11,15H,2,5,18H2,1H3;1H/t15-;/m1./s1. The van der Waals surface area contributed by atoms with Gasteiger partial charge in [-0.05, 0) is 42.3 Å². The summed E-state index contributed by atoms with van der Waals surface area (Å²) in [5, 5.41) is 0.764. The monoisotopic (exact) mass is 327 g/mol. The molecule has 0 aliphatic heterocycles. The van der Waals surface area contributed by atoms with Gasteiger partial charge in [0.1, 0.15) is 0 Å². The van der Waals surface area contributed by atoms with Crippen LogP contribution in [0.25, 0.3) is 0 Å². The number of benzene rings is 2. The first-order valence-corrected chi connectivity index (χ1v) is 7.68. The maximum absolute atomic E-state index is 6.25. The van der Waals surface area contributed by atoms with Crippen molar-refractivity contribution in [2.24, 2.45) is 5.73 Å². The van der Waals surface area contributed by atoms with Crippen molar-refractivity contribution < 1.29 is 0 Å². The molecular formula is C16H19Cl2NS.